The van der Waals surface area contributed by atoms with E-state index in [9.17, 15) is 0 Å². The molecule has 0 aromatic rings. The fourth-order valence-electron chi connectivity index (χ4n) is 0.432. The van der Waals surface area contributed by atoms with Crippen LogP contribution in [0.25, 0.3) is 0 Å². The van der Waals surface area contributed by atoms with Crippen LogP contribution in [0.3, 0.4) is 0 Å². The Bertz CT molecular complexity index is 208. The second-order valence-electron chi connectivity index (χ2n) is 1.98. The van der Waals surface area contributed by atoms with Crippen LogP contribution >= 0.6 is 15.9 Å². The number of halogens is 1. The average molecular weight is 215 g/mol. The summed E-state index contributed by atoms with van der Waals surface area (Å²) in [6.07, 6.45) is 9.46. The van der Waals surface area contributed by atoms with Crippen molar-refractivity contribution in [3.63, 3.8) is 0 Å². The molecule has 0 rings (SSSR count). The number of ether oxygens (including phenoxy) is 1. The topological polar surface area (TPSA) is 9.23 Å². The molecule has 0 saturated carbocycles. The second kappa shape index (κ2) is 6.06. The van der Waals surface area contributed by atoms with Crippen LogP contribution in [0.5, 0.6) is 0 Å². The number of allylic oxidation sites excluding steroid dienone is 4. The fraction of sp³-hybridized carbons (Fsp3) is 0.333. The zero-order valence-corrected chi connectivity index (χ0v) is 8.31. The van der Waals surface area contributed by atoms with Gasteiger partial charge in [-0.05, 0) is 19.1 Å². The van der Waals surface area contributed by atoms with E-state index in [1.807, 2.05) is 19.1 Å². The van der Waals surface area contributed by atoms with E-state index in [1.165, 1.54) is 0 Å². The van der Waals surface area contributed by atoms with Gasteiger partial charge in [0.05, 0.1) is 12.9 Å². The molecule has 0 fully saturated rings. The Morgan fingerprint density at radius 3 is 2.73 bits per heavy atom. The Morgan fingerprint density at radius 2 is 2.27 bits per heavy atom. The van der Waals surface area contributed by atoms with Crippen molar-refractivity contribution in [1.82, 2.24) is 0 Å². The van der Waals surface area contributed by atoms with Crippen molar-refractivity contribution >= 4 is 15.9 Å². The Kier molecular flexibility index (Phi) is 5.68. The van der Waals surface area contributed by atoms with Gasteiger partial charge in [0, 0.05) is 10.9 Å². The summed E-state index contributed by atoms with van der Waals surface area (Å²) < 4.78 is 5.91. The van der Waals surface area contributed by atoms with Gasteiger partial charge in [-0.3, -0.25) is 0 Å². The molecule has 0 aliphatic carbocycles. The number of hydrogen-bond acceptors (Lipinski definition) is 1. The number of hydrogen-bond donors (Lipinski definition) is 0. The van der Waals surface area contributed by atoms with Gasteiger partial charge >= 0.3 is 0 Å². The molecule has 0 heterocycles. The van der Waals surface area contributed by atoms with Crippen molar-refractivity contribution in [2.24, 2.45) is 0 Å². The van der Waals surface area contributed by atoms with Gasteiger partial charge in [0.1, 0.15) is 0 Å². The fourth-order valence-corrected chi connectivity index (χ4v) is 0.726. The van der Waals surface area contributed by atoms with Gasteiger partial charge in [-0.15, -0.1) is 12.3 Å². The van der Waals surface area contributed by atoms with Gasteiger partial charge in [0.15, 0.2) is 0 Å². The molecular formula is C9H11BrO. The zero-order chi connectivity index (χ0) is 8.69. The highest BCUT2D eigenvalue weighted by atomic mass is 79.9. The third-order valence-corrected chi connectivity index (χ3v) is 1.64. The zero-order valence-electron chi connectivity index (χ0n) is 6.73. The van der Waals surface area contributed by atoms with Gasteiger partial charge in [0.2, 0.25) is 0 Å². The van der Waals surface area contributed by atoms with Gasteiger partial charge in [-0.25, -0.2) is 0 Å². The molecule has 0 radical (unpaired) electrons. The van der Waals surface area contributed by atoms with Crippen molar-refractivity contribution < 1.29 is 4.74 Å². The minimum atomic E-state index is 0.619. The molecule has 2 heteroatoms. The predicted octanol–water partition coefficient (Wildman–Crippen LogP) is 2.84. The smallest absolute Gasteiger partial charge is 0.0924 e. The van der Waals surface area contributed by atoms with Gasteiger partial charge in [-0.2, -0.15) is 0 Å². The van der Waals surface area contributed by atoms with E-state index in [0.29, 0.717) is 6.42 Å². The molecule has 60 valence electrons. The molecule has 11 heavy (non-hydrogen) atoms. The predicted molar refractivity (Wildman–Crippen MR) is 51.2 cm³/mol. The van der Waals surface area contributed by atoms with Crippen LogP contribution < -0.4 is 0 Å². The quantitative estimate of drug-likeness (QED) is 0.399. The van der Waals surface area contributed by atoms with Gasteiger partial charge < -0.3 is 4.74 Å². The lowest BCUT2D eigenvalue weighted by Gasteiger charge is -1.94. The van der Waals surface area contributed by atoms with Crippen LogP contribution in [0, 0.1) is 12.3 Å². The highest BCUT2D eigenvalue weighted by Crippen LogP contribution is 2.09. The van der Waals surface area contributed by atoms with E-state index in [0.717, 1.165) is 10.2 Å². The third-order valence-electron chi connectivity index (χ3n) is 1.09. The van der Waals surface area contributed by atoms with Crippen molar-refractivity contribution in [2.45, 2.75) is 13.3 Å². The van der Waals surface area contributed by atoms with Crippen molar-refractivity contribution in [2.75, 3.05) is 7.11 Å². The highest BCUT2D eigenvalue weighted by Gasteiger charge is 1.85. The van der Waals surface area contributed by atoms with Crippen molar-refractivity contribution in [1.29, 1.82) is 0 Å². The van der Waals surface area contributed by atoms with Crippen LogP contribution in [-0.4, -0.2) is 7.11 Å². The lowest BCUT2D eigenvalue weighted by atomic mass is 10.3. The SMILES string of the molecule is C#CC/C(Br)=C\C=C(/C)OC. The van der Waals surface area contributed by atoms with Crippen LogP contribution in [0.1, 0.15) is 13.3 Å². The van der Waals surface area contributed by atoms with Crippen LogP contribution in [0.2, 0.25) is 0 Å². The van der Waals surface area contributed by atoms with Crippen molar-refractivity contribution in [3.8, 4) is 12.3 Å². The monoisotopic (exact) mass is 214 g/mol. The molecule has 1 nitrogen and oxygen atoms in total. The molecule has 0 aliphatic heterocycles. The molecule has 0 amide bonds. The lowest BCUT2D eigenvalue weighted by Crippen LogP contribution is -1.76. The van der Waals surface area contributed by atoms with E-state index in [-0.39, 0.29) is 0 Å². The Balaban J connectivity index is 4.02. The average Bonchev–Trinajstić information content (AvgIpc) is 2.01. The maximum absolute atomic E-state index is 5.10. The summed E-state index contributed by atoms with van der Waals surface area (Å²) in [6.45, 7) is 1.88. The van der Waals surface area contributed by atoms with E-state index in [1.54, 1.807) is 7.11 Å². The standard InChI is InChI=1S/C9H11BrO/c1-4-5-9(10)7-6-8(2)11-3/h1,6-7H,5H2,2-3H3/b8-6+,9-7+. The molecule has 0 aromatic carbocycles. The first-order chi connectivity index (χ1) is 5.20. The lowest BCUT2D eigenvalue weighted by molar-refractivity contribution is 0.294. The minimum Gasteiger partial charge on any atom is -0.501 e. The molecule has 0 aliphatic rings. The van der Waals surface area contributed by atoms with E-state index in [2.05, 4.69) is 21.9 Å². The summed E-state index contributed by atoms with van der Waals surface area (Å²) in [4.78, 5) is 0. The molecule has 0 saturated heterocycles. The second-order valence-corrected chi connectivity index (χ2v) is 2.99. The molecule has 0 spiro atoms. The summed E-state index contributed by atoms with van der Waals surface area (Å²) in [5.41, 5.74) is 0. The summed E-state index contributed by atoms with van der Waals surface area (Å²) >= 11 is 3.31. The molecule has 0 atom stereocenters. The van der Waals surface area contributed by atoms with Crippen LogP contribution in [0.15, 0.2) is 22.4 Å². The summed E-state index contributed by atoms with van der Waals surface area (Å²) in [5.74, 6) is 3.38. The normalized spacial score (nSPS) is 12.5. The van der Waals surface area contributed by atoms with E-state index >= 15 is 0 Å². The largest absolute Gasteiger partial charge is 0.501 e. The van der Waals surface area contributed by atoms with Crippen molar-refractivity contribution in [3.05, 3.63) is 22.4 Å². The molecule has 0 N–H and O–H groups in total. The minimum absolute atomic E-state index is 0.619. The number of rotatable bonds is 3. The third kappa shape index (κ3) is 5.75. The summed E-state index contributed by atoms with van der Waals surface area (Å²) in [7, 11) is 1.63. The summed E-state index contributed by atoms with van der Waals surface area (Å²) in [5, 5.41) is 0. The molecule has 0 unspecified atom stereocenters. The maximum atomic E-state index is 5.10. The van der Waals surface area contributed by atoms with E-state index in [4.69, 9.17) is 11.2 Å². The Hall–Kier alpha value is -0.680. The van der Waals surface area contributed by atoms with E-state index < -0.39 is 0 Å². The highest BCUT2D eigenvalue weighted by molar-refractivity contribution is 9.11. The first-order valence-electron chi connectivity index (χ1n) is 3.21. The van der Waals surface area contributed by atoms with Gasteiger partial charge in [0.25, 0.3) is 0 Å². The first-order valence-corrected chi connectivity index (χ1v) is 4.00. The molecule has 0 aromatic heterocycles. The van der Waals surface area contributed by atoms with Crippen LogP contribution in [0.4, 0.5) is 0 Å². The van der Waals surface area contributed by atoms with Gasteiger partial charge in [-0.1, -0.05) is 15.9 Å². The summed E-state index contributed by atoms with van der Waals surface area (Å²) in [6, 6.07) is 0. The molecular weight excluding hydrogens is 204 g/mol. The number of methoxy groups -OCH3 is 1. The Morgan fingerprint density at radius 1 is 1.64 bits per heavy atom. The Labute approximate surface area is 76.3 Å². The maximum Gasteiger partial charge on any atom is 0.0924 e. The van der Waals surface area contributed by atoms with Crippen LogP contribution in [-0.2, 0) is 4.74 Å². The first kappa shape index (κ1) is 10.3. The molecule has 0 bridgehead atoms. The number of terminal acetylenes is 1.